The van der Waals surface area contributed by atoms with Gasteiger partial charge in [0.25, 0.3) is 0 Å². The number of nitrogens with zero attached hydrogens (tertiary/aromatic N) is 1. The van der Waals surface area contributed by atoms with Gasteiger partial charge in [-0.2, -0.15) is 5.26 Å². The van der Waals surface area contributed by atoms with Gasteiger partial charge in [-0.05, 0) is 23.8 Å². The third-order valence-corrected chi connectivity index (χ3v) is 2.81. The second kappa shape index (κ2) is 6.07. The van der Waals surface area contributed by atoms with E-state index in [0.717, 1.165) is 0 Å². The predicted octanol–water partition coefficient (Wildman–Crippen LogP) is 2.24. The molecule has 0 heterocycles. The van der Waals surface area contributed by atoms with Gasteiger partial charge < -0.3 is 14.6 Å². The van der Waals surface area contributed by atoms with Crippen LogP contribution in [0.1, 0.15) is 5.56 Å². The quantitative estimate of drug-likeness (QED) is 0.526. The van der Waals surface area contributed by atoms with Crippen molar-refractivity contribution < 1.29 is 19.4 Å². The van der Waals surface area contributed by atoms with Crippen LogP contribution in [0.2, 0.25) is 0 Å². The predicted molar refractivity (Wildman–Crippen MR) is 68.0 cm³/mol. The third-order valence-electron chi connectivity index (χ3n) is 2.12. The Labute approximate surface area is 112 Å². The molecule has 0 saturated heterocycles. The summed E-state index contributed by atoms with van der Waals surface area (Å²) in [6.07, 6.45) is 1.31. The van der Waals surface area contributed by atoms with Crippen LogP contribution in [0.3, 0.4) is 0 Å². The van der Waals surface area contributed by atoms with E-state index in [0.29, 0.717) is 10.0 Å². The summed E-state index contributed by atoms with van der Waals surface area (Å²) in [4.78, 5) is 11.3. The molecule has 0 aromatic heterocycles. The van der Waals surface area contributed by atoms with Crippen LogP contribution in [0.25, 0.3) is 6.08 Å². The fourth-order valence-electron chi connectivity index (χ4n) is 1.24. The lowest BCUT2D eigenvalue weighted by atomic mass is 10.1. The van der Waals surface area contributed by atoms with Crippen LogP contribution in [0.15, 0.2) is 22.2 Å². The average Bonchev–Trinajstić information content (AvgIpc) is 2.38. The van der Waals surface area contributed by atoms with Crippen molar-refractivity contribution in [1.29, 1.82) is 5.26 Å². The molecule has 1 N–H and O–H groups in total. The maximum Gasteiger partial charge on any atom is 0.348 e. The SMILES string of the molecule is COC(=O)/C(C#N)=C/c1cc(O)c(OC)cc1Br. The number of phenolic OH excluding ortho intramolecular Hbond substituents is 1. The van der Waals surface area contributed by atoms with Crippen molar-refractivity contribution >= 4 is 28.0 Å². The molecule has 5 nitrogen and oxygen atoms in total. The Kier molecular flexibility index (Phi) is 4.75. The van der Waals surface area contributed by atoms with E-state index in [2.05, 4.69) is 20.7 Å². The maximum atomic E-state index is 11.3. The summed E-state index contributed by atoms with van der Waals surface area (Å²) in [6.45, 7) is 0. The minimum Gasteiger partial charge on any atom is -0.504 e. The summed E-state index contributed by atoms with van der Waals surface area (Å²) in [7, 11) is 2.61. The van der Waals surface area contributed by atoms with Crippen LogP contribution in [0, 0.1) is 11.3 Å². The van der Waals surface area contributed by atoms with E-state index in [9.17, 15) is 9.90 Å². The van der Waals surface area contributed by atoms with Crippen LogP contribution < -0.4 is 4.74 Å². The molecule has 0 unspecified atom stereocenters. The lowest BCUT2D eigenvalue weighted by molar-refractivity contribution is -0.135. The van der Waals surface area contributed by atoms with Crippen LogP contribution in [0.5, 0.6) is 11.5 Å². The van der Waals surface area contributed by atoms with Crippen molar-refractivity contribution in [3.8, 4) is 17.6 Å². The molecule has 0 aliphatic carbocycles. The van der Waals surface area contributed by atoms with Gasteiger partial charge in [0.15, 0.2) is 11.5 Å². The molecule has 94 valence electrons. The molecule has 18 heavy (non-hydrogen) atoms. The van der Waals surface area contributed by atoms with Crippen LogP contribution >= 0.6 is 15.9 Å². The summed E-state index contributed by atoms with van der Waals surface area (Å²) < 4.78 is 9.96. The fourth-order valence-corrected chi connectivity index (χ4v) is 1.67. The third kappa shape index (κ3) is 3.02. The highest BCUT2D eigenvalue weighted by Crippen LogP contribution is 2.33. The number of ether oxygens (including phenoxy) is 2. The topological polar surface area (TPSA) is 79.6 Å². The van der Waals surface area contributed by atoms with E-state index in [4.69, 9.17) is 10.00 Å². The van der Waals surface area contributed by atoms with Gasteiger partial charge in [0.1, 0.15) is 11.6 Å². The number of methoxy groups -OCH3 is 2. The molecule has 0 atom stereocenters. The molecule has 1 rings (SSSR count). The Balaban J connectivity index is 3.27. The van der Waals surface area contributed by atoms with Crippen molar-refractivity contribution in [2.45, 2.75) is 0 Å². The Bertz CT molecular complexity index is 546. The minimum absolute atomic E-state index is 0.0888. The van der Waals surface area contributed by atoms with Crippen LogP contribution in [-0.4, -0.2) is 25.3 Å². The molecule has 0 saturated carbocycles. The Morgan fingerprint density at radius 2 is 2.17 bits per heavy atom. The summed E-state index contributed by atoms with van der Waals surface area (Å²) >= 11 is 3.25. The number of hydrogen-bond donors (Lipinski definition) is 1. The zero-order valence-electron chi connectivity index (χ0n) is 9.73. The van der Waals surface area contributed by atoms with Gasteiger partial charge in [-0.3, -0.25) is 0 Å². The van der Waals surface area contributed by atoms with Gasteiger partial charge in [0, 0.05) is 4.47 Å². The highest BCUT2D eigenvalue weighted by Gasteiger charge is 2.12. The van der Waals surface area contributed by atoms with E-state index in [1.165, 1.54) is 32.4 Å². The molecule has 1 aromatic rings. The first-order valence-electron chi connectivity index (χ1n) is 4.80. The lowest BCUT2D eigenvalue weighted by Gasteiger charge is -2.06. The number of carbonyl (C=O) groups is 1. The molecule has 0 amide bonds. The summed E-state index contributed by atoms with van der Waals surface area (Å²) in [5.74, 6) is -0.538. The normalized spacial score (nSPS) is 10.7. The number of hydrogen-bond acceptors (Lipinski definition) is 5. The molecular weight excluding hydrogens is 302 g/mol. The standard InChI is InChI=1S/C12H10BrNO4/c1-17-11-5-9(13)7(4-10(11)15)3-8(6-14)12(16)18-2/h3-5,15H,1-2H3/b8-3+. The Hall–Kier alpha value is -2.00. The summed E-state index contributed by atoms with van der Waals surface area (Å²) in [5.41, 5.74) is 0.304. The first-order chi connectivity index (χ1) is 8.53. The number of carbonyl (C=O) groups excluding carboxylic acids is 1. The van der Waals surface area contributed by atoms with E-state index >= 15 is 0 Å². The Morgan fingerprint density at radius 3 is 2.67 bits per heavy atom. The molecule has 1 aromatic carbocycles. The smallest absolute Gasteiger partial charge is 0.348 e. The molecule has 0 radical (unpaired) electrons. The molecule has 6 heteroatoms. The van der Waals surface area contributed by atoms with Crippen molar-refractivity contribution in [3.63, 3.8) is 0 Å². The molecule has 0 aliphatic rings. The monoisotopic (exact) mass is 311 g/mol. The van der Waals surface area contributed by atoms with E-state index in [1.807, 2.05) is 0 Å². The van der Waals surface area contributed by atoms with Gasteiger partial charge in [0.05, 0.1) is 14.2 Å². The number of rotatable bonds is 3. The highest BCUT2D eigenvalue weighted by molar-refractivity contribution is 9.10. The number of nitriles is 1. The van der Waals surface area contributed by atoms with Crippen molar-refractivity contribution in [3.05, 3.63) is 27.7 Å². The molecular formula is C12H10BrNO4. The number of phenols is 1. The van der Waals surface area contributed by atoms with E-state index in [1.54, 1.807) is 6.07 Å². The van der Waals surface area contributed by atoms with Crippen molar-refractivity contribution in [2.75, 3.05) is 14.2 Å². The first-order valence-corrected chi connectivity index (χ1v) is 5.59. The van der Waals surface area contributed by atoms with E-state index in [-0.39, 0.29) is 17.1 Å². The van der Waals surface area contributed by atoms with Crippen LogP contribution in [0.4, 0.5) is 0 Å². The number of aromatic hydroxyl groups is 1. The lowest BCUT2D eigenvalue weighted by Crippen LogP contribution is -2.02. The molecule has 0 spiro atoms. The Morgan fingerprint density at radius 1 is 1.50 bits per heavy atom. The number of benzene rings is 1. The fraction of sp³-hybridized carbons (Fsp3) is 0.167. The number of halogens is 1. The van der Waals surface area contributed by atoms with Crippen molar-refractivity contribution in [2.24, 2.45) is 0 Å². The molecule has 0 aliphatic heterocycles. The van der Waals surface area contributed by atoms with Gasteiger partial charge in [-0.25, -0.2) is 4.79 Å². The van der Waals surface area contributed by atoms with E-state index < -0.39 is 5.97 Å². The van der Waals surface area contributed by atoms with Crippen molar-refractivity contribution in [1.82, 2.24) is 0 Å². The largest absolute Gasteiger partial charge is 0.504 e. The van der Waals surface area contributed by atoms with Gasteiger partial charge in [-0.15, -0.1) is 0 Å². The molecule has 0 fully saturated rings. The van der Waals surface area contributed by atoms with Gasteiger partial charge >= 0.3 is 5.97 Å². The van der Waals surface area contributed by atoms with Gasteiger partial charge in [0.2, 0.25) is 0 Å². The van der Waals surface area contributed by atoms with Crippen LogP contribution in [-0.2, 0) is 9.53 Å². The zero-order valence-corrected chi connectivity index (χ0v) is 11.3. The molecule has 0 bridgehead atoms. The second-order valence-corrected chi connectivity index (χ2v) is 4.06. The van der Waals surface area contributed by atoms with Gasteiger partial charge in [-0.1, -0.05) is 15.9 Å². The maximum absolute atomic E-state index is 11.3. The second-order valence-electron chi connectivity index (χ2n) is 3.21. The minimum atomic E-state index is -0.736. The highest BCUT2D eigenvalue weighted by atomic mass is 79.9. The average molecular weight is 312 g/mol. The summed E-state index contributed by atoms with van der Waals surface area (Å²) in [5, 5.41) is 18.5. The summed E-state index contributed by atoms with van der Waals surface area (Å²) in [6, 6.07) is 4.64. The first kappa shape index (κ1) is 14.1. The zero-order chi connectivity index (χ0) is 13.7. The number of esters is 1.